The van der Waals surface area contributed by atoms with Crippen LogP contribution < -0.4 is 0 Å². The van der Waals surface area contributed by atoms with E-state index in [1.165, 1.54) is 5.56 Å². The van der Waals surface area contributed by atoms with Crippen molar-refractivity contribution in [3.05, 3.63) is 68.1 Å². The lowest BCUT2D eigenvalue weighted by Gasteiger charge is -2.13. The number of hydrogen-bond donors (Lipinski definition) is 0. The summed E-state index contributed by atoms with van der Waals surface area (Å²) in [5, 5.41) is 1.51. The highest BCUT2D eigenvalue weighted by Gasteiger charge is 2.13. The monoisotopic (exact) mass is 406 g/mol. The summed E-state index contributed by atoms with van der Waals surface area (Å²) in [5.41, 5.74) is 2.26. The quantitative estimate of drug-likeness (QED) is 0.513. The fraction of sp³-hybridized carbons (Fsp3) is 0.143. The van der Waals surface area contributed by atoms with E-state index in [4.69, 9.17) is 23.2 Å². The van der Waals surface area contributed by atoms with Gasteiger partial charge in [0.05, 0.1) is 5.02 Å². The Kier molecular flexibility index (Phi) is 5.14. The van der Waals surface area contributed by atoms with Crippen LogP contribution in [0.2, 0.25) is 10.0 Å². The lowest BCUT2D eigenvalue weighted by molar-refractivity contribution is 0.948. The molecule has 0 saturated heterocycles. The number of halogens is 4. The summed E-state index contributed by atoms with van der Waals surface area (Å²) in [5.74, 6) is 0. The highest BCUT2D eigenvalue weighted by Crippen LogP contribution is 2.36. The molecular formula is C14H10Br2Cl2. The topological polar surface area (TPSA) is 0 Å². The van der Waals surface area contributed by atoms with Crippen molar-refractivity contribution in [3.8, 4) is 0 Å². The van der Waals surface area contributed by atoms with Gasteiger partial charge >= 0.3 is 0 Å². The highest BCUT2D eigenvalue weighted by atomic mass is 79.9. The van der Waals surface area contributed by atoms with Gasteiger partial charge < -0.3 is 0 Å². The minimum Gasteiger partial charge on any atom is -0.0843 e. The number of hydrogen-bond acceptors (Lipinski definition) is 0. The maximum atomic E-state index is 6.28. The smallest absolute Gasteiger partial charge is 0.0591 e. The van der Waals surface area contributed by atoms with Crippen molar-refractivity contribution in [1.29, 1.82) is 0 Å². The molecule has 0 radical (unpaired) electrons. The van der Waals surface area contributed by atoms with E-state index in [0.717, 1.165) is 26.5 Å². The largest absolute Gasteiger partial charge is 0.0843 e. The van der Waals surface area contributed by atoms with Gasteiger partial charge in [0.15, 0.2) is 0 Å². The van der Waals surface area contributed by atoms with Gasteiger partial charge in [-0.25, -0.2) is 0 Å². The van der Waals surface area contributed by atoms with E-state index < -0.39 is 0 Å². The normalized spacial score (nSPS) is 12.4. The molecule has 0 amide bonds. The van der Waals surface area contributed by atoms with Gasteiger partial charge in [0, 0.05) is 14.3 Å². The third-order valence-electron chi connectivity index (χ3n) is 2.62. The van der Waals surface area contributed by atoms with Crippen LogP contribution in [-0.2, 0) is 6.42 Å². The Hall–Kier alpha value is -0.0200. The van der Waals surface area contributed by atoms with Crippen LogP contribution in [0.25, 0.3) is 0 Å². The lowest BCUT2D eigenvalue weighted by atomic mass is 10.0. The summed E-state index contributed by atoms with van der Waals surface area (Å²) in [4.78, 5) is 0.168. The van der Waals surface area contributed by atoms with Crippen LogP contribution in [0.1, 0.15) is 16.0 Å². The maximum Gasteiger partial charge on any atom is 0.0591 e. The summed E-state index contributed by atoms with van der Waals surface area (Å²) in [6.07, 6.45) is 0.844. The van der Waals surface area contributed by atoms with Crippen molar-refractivity contribution in [3.63, 3.8) is 0 Å². The molecule has 2 aromatic carbocycles. The maximum absolute atomic E-state index is 6.28. The molecule has 0 spiro atoms. The zero-order chi connectivity index (χ0) is 13.1. The molecule has 94 valence electrons. The molecule has 18 heavy (non-hydrogen) atoms. The van der Waals surface area contributed by atoms with Crippen LogP contribution in [0, 0.1) is 0 Å². The zero-order valence-electron chi connectivity index (χ0n) is 9.34. The molecule has 0 aliphatic rings. The van der Waals surface area contributed by atoms with E-state index in [-0.39, 0.29) is 4.83 Å². The van der Waals surface area contributed by atoms with Gasteiger partial charge in [0.1, 0.15) is 0 Å². The first-order chi connectivity index (χ1) is 8.58. The molecule has 0 nitrogen and oxygen atoms in total. The Balaban J connectivity index is 2.22. The minimum atomic E-state index is 0.168. The number of alkyl halides is 1. The van der Waals surface area contributed by atoms with E-state index >= 15 is 0 Å². The van der Waals surface area contributed by atoms with Crippen LogP contribution in [0.15, 0.2) is 46.9 Å². The Bertz CT molecular complexity index is 555. The second-order valence-electron chi connectivity index (χ2n) is 3.94. The van der Waals surface area contributed by atoms with Crippen LogP contribution in [0.5, 0.6) is 0 Å². The Labute approximate surface area is 134 Å². The first-order valence-electron chi connectivity index (χ1n) is 5.40. The van der Waals surface area contributed by atoms with Crippen LogP contribution in [0.4, 0.5) is 0 Å². The molecule has 0 aliphatic carbocycles. The van der Waals surface area contributed by atoms with Crippen molar-refractivity contribution in [2.24, 2.45) is 0 Å². The van der Waals surface area contributed by atoms with E-state index in [9.17, 15) is 0 Å². The van der Waals surface area contributed by atoms with Gasteiger partial charge in [-0.2, -0.15) is 0 Å². The second kappa shape index (κ2) is 6.42. The third-order valence-corrected chi connectivity index (χ3v) is 4.99. The van der Waals surface area contributed by atoms with Gasteiger partial charge in [-0.1, -0.05) is 63.4 Å². The summed E-state index contributed by atoms with van der Waals surface area (Å²) >= 11 is 19.4. The van der Waals surface area contributed by atoms with Crippen molar-refractivity contribution in [2.45, 2.75) is 11.2 Å². The van der Waals surface area contributed by atoms with Gasteiger partial charge in [-0.3, -0.25) is 0 Å². The molecule has 0 heterocycles. The van der Waals surface area contributed by atoms with E-state index in [0.29, 0.717) is 0 Å². The van der Waals surface area contributed by atoms with Crippen LogP contribution >= 0.6 is 55.1 Å². The third kappa shape index (κ3) is 3.51. The molecule has 4 heteroatoms. The Morgan fingerprint density at radius 2 is 1.78 bits per heavy atom. The van der Waals surface area contributed by atoms with Crippen molar-refractivity contribution >= 4 is 55.1 Å². The first-order valence-corrected chi connectivity index (χ1v) is 7.87. The molecule has 0 aromatic heterocycles. The number of benzene rings is 2. The summed E-state index contributed by atoms with van der Waals surface area (Å²) in [6.45, 7) is 0. The van der Waals surface area contributed by atoms with Crippen molar-refractivity contribution < 1.29 is 0 Å². The second-order valence-corrected chi connectivity index (χ2v) is 6.72. The average Bonchev–Trinajstić information content (AvgIpc) is 2.32. The molecule has 0 fully saturated rings. The Morgan fingerprint density at radius 1 is 1.06 bits per heavy atom. The molecule has 0 saturated carbocycles. The number of rotatable bonds is 3. The van der Waals surface area contributed by atoms with Gasteiger partial charge in [-0.05, 0) is 51.7 Å². The molecule has 2 aromatic rings. The molecule has 0 N–H and O–H groups in total. The zero-order valence-corrected chi connectivity index (χ0v) is 14.0. The minimum absolute atomic E-state index is 0.168. The van der Waals surface area contributed by atoms with Gasteiger partial charge in [0.25, 0.3) is 0 Å². The molecule has 1 unspecified atom stereocenters. The van der Waals surface area contributed by atoms with E-state index in [1.54, 1.807) is 0 Å². The van der Waals surface area contributed by atoms with Crippen molar-refractivity contribution in [2.75, 3.05) is 0 Å². The first kappa shape index (κ1) is 14.4. The summed E-state index contributed by atoms with van der Waals surface area (Å²) < 4.78 is 0.914. The van der Waals surface area contributed by atoms with Gasteiger partial charge in [-0.15, -0.1) is 0 Å². The van der Waals surface area contributed by atoms with E-state index in [2.05, 4.69) is 37.9 Å². The van der Waals surface area contributed by atoms with Gasteiger partial charge in [0.2, 0.25) is 0 Å². The predicted octanol–water partition coefficient (Wildman–Crippen LogP) is 6.43. The van der Waals surface area contributed by atoms with Crippen molar-refractivity contribution in [1.82, 2.24) is 0 Å². The Morgan fingerprint density at radius 3 is 2.50 bits per heavy atom. The fourth-order valence-corrected chi connectivity index (χ4v) is 3.48. The molecular weight excluding hydrogens is 399 g/mol. The molecule has 2 rings (SSSR count). The summed E-state index contributed by atoms with van der Waals surface area (Å²) in [7, 11) is 0. The summed E-state index contributed by atoms with van der Waals surface area (Å²) in [6, 6.07) is 13.8. The molecule has 1 atom stereocenters. The molecule has 0 aliphatic heterocycles. The lowest BCUT2D eigenvalue weighted by Crippen LogP contribution is -1.96. The standard InChI is InChI=1S/C14H10Br2Cl2/c15-12-6-2-5-11(14(12)18)13(16)8-9-3-1-4-10(17)7-9/h1-7,13H,8H2. The van der Waals surface area contributed by atoms with Crippen LogP contribution in [0.3, 0.4) is 0 Å². The average molecular weight is 409 g/mol. The molecule has 0 bridgehead atoms. The van der Waals surface area contributed by atoms with Crippen LogP contribution in [-0.4, -0.2) is 0 Å². The SMILES string of the molecule is Clc1cccc(CC(Br)c2cccc(Br)c2Cl)c1. The fourth-order valence-electron chi connectivity index (χ4n) is 1.74. The highest BCUT2D eigenvalue weighted by molar-refractivity contribution is 9.10. The predicted molar refractivity (Wildman–Crippen MR) is 86.0 cm³/mol. The van der Waals surface area contributed by atoms with E-state index in [1.807, 2.05) is 36.4 Å².